The first-order valence-electron chi connectivity index (χ1n) is 3.88. The van der Waals surface area contributed by atoms with E-state index in [1.54, 1.807) is 11.3 Å². The maximum Gasteiger partial charge on any atom is 0.0629 e. The minimum atomic E-state index is 0.707. The van der Waals surface area contributed by atoms with E-state index in [0.717, 1.165) is 0 Å². The second-order valence-electron chi connectivity index (χ2n) is 3.46. The fraction of sp³-hybridized carbons (Fsp3) is 0.556. The van der Waals surface area contributed by atoms with Crippen LogP contribution >= 0.6 is 0 Å². The van der Waals surface area contributed by atoms with Gasteiger partial charge in [-0.25, -0.2) is 0 Å². The molecule has 0 aromatic carbocycles. The van der Waals surface area contributed by atoms with Crippen LogP contribution in [-0.4, -0.2) is 4.57 Å². The topological polar surface area (TPSA) is 4.93 Å². The van der Waals surface area contributed by atoms with Crippen LogP contribution in [0.4, 0.5) is 0 Å². The maximum atomic E-state index is 2.32. The second kappa shape index (κ2) is 1.66. The molecule has 0 radical (unpaired) electrons. The van der Waals surface area contributed by atoms with Crippen LogP contribution in [0.25, 0.3) is 0 Å². The predicted molar refractivity (Wildman–Crippen MR) is 42.4 cm³/mol. The molecule has 54 valence electrons. The highest BCUT2D eigenvalue weighted by molar-refractivity contribution is 5.40. The van der Waals surface area contributed by atoms with Gasteiger partial charge in [-0.3, -0.25) is 0 Å². The summed E-state index contributed by atoms with van der Waals surface area (Å²) in [5, 5.41) is 0. The highest BCUT2D eigenvalue weighted by atomic mass is 15.1. The van der Waals surface area contributed by atoms with Gasteiger partial charge in [0.05, 0.1) is 6.54 Å². The van der Waals surface area contributed by atoms with Crippen LogP contribution in [0.15, 0.2) is 6.20 Å². The van der Waals surface area contributed by atoms with E-state index in [1.807, 2.05) is 0 Å². The largest absolute Gasteiger partial charge is 0.343 e. The van der Waals surface area contributed by atoms with Crippen molar-refractivity contribution in [3.63, 3.8) is 0 Å². The SMILES string of the molecule is Cc1cn2c(c1C(C)C)C2. The molecule has 1 aliphatic heterocycles. The lowest BCUT2D eigenvalue weighted by Gasteiger charge is -2.02. The molecule has 2 rings (SSSR count). The summed E-state index contributed by atoms with van der Waals surface area (Å²) in [6.45, 7) is 7.93. The molecule has 0 N–H and O–H groups in total. The van der Waals surface area contributed by atoms with E-state index in [9.17, 15) is 0 Å². The first-order valence-corrected chi connectivity index (χ1v) is 3.88. The van der Waals surface area contributed by atoms with E-state index in [4.69, 9.17) is 0 Å². The molecular formula is C9H13N. The standard InChI is InChI=1S/C9H13N/c1-6(2)9-7(3)4-10-5-8(9)10/h4,6H,5H2,1-3H3. The number of hydrogen-bond donors (Lipinski definition) is 0. The number of aromatic nitrogens is 1. The molecule has 1 nitrogen and oxygen atoms in total. The van der Waals surface area contributed by atoms with Gasteiger partial charge in [0.25, 0.3) is 0 Å². The van der Waals surface area contributed by atoms with Crippen LogP contribution in [0.5, 0.6) is 0 Å². The molecule has 0 atom stereocenters. The summed E-state index contributed by atoms with van der Waals surface area (Å²) in [5.41, 5.74) is 4.61. The molecule has 0 amide bonds. The van der Waals surface area contributed by atoms with Gasteiger partial charge in [-0.05, 0) is 24.0 Å². The van der Waals surface area contributed by atoms with E-state index >= 15 is 0 Å². The van der Waals surface area contributed by atoms with Crippen LogP contribution in [0.2, 0.25) is 0 Å². The highest BCUT2D eigenvalue weighted by Gasteiger charge is 2.24. The summed E-state index contributed by atoms with van der Waals surface area (Å²) in [6, 6.07) is 0. The lowest BCUT2D eigenvalue weighted by atomic mass is 10.0. The van der Waals surface area contributed by atoms with Gasteiger partial charge in [-0.1, -0.05) is 13.8 Å². The van der Waals surface area contributed by atoms with Gasteiger partial charge in [0.15, 0.2) is 0 Å². The van der Waals surface area contributed by atoms with Crippen LogP contribution in [0, 0.1) is 6.92 Å². The number of nitrogens with zero attached hydrogens (tertiary/aromatic N) is 1. The summed E-state index contributed by atoms with van der Waals surface area (Å²) in [7, 11) is 0. The van der Waals surface area contributed by atoms with Crippen molar-refractivity contribution >= 4 is 0 Å². The van der Waals surface area contributed by atoms with E-state index in [0.29, 0.717) is 5.92 Å². The van der Waals surface area contributed by atoms with Crippen molar-refractivity contribution in [2.45, 2.75) is 33.2 Å². The zero-order valence-corrected chi connectivity index (χ0v) is 6.81. The predicted octanol–water partition coefficient (Wildman–Crippen LogP) is 2.28. The number of rotatable bonds is 1. The summed E-state index contributed by atoms with van der Waals surface area (Å²) >= 11 is 0. The Kier molecular flexibility index (Phi) is 0.997. The Labute approximate surface area is 61.7 Å². The Hall–Kier alpha value is -0.720. The molecule has 10 heavy (non-hydrogen) atoms. The lowest BCUT2D eigenvalue weighted by molar-refractivity contribution is 0.856. The Morgan fingerprint density at radius 2 is 2.20 bits per heavy atom. The van der Waals surface area contributed by atoms with Crippen molar-refractivity contribution in [3.05, 3.63) is 23.0 Å². The van der Waals surface area contributed by atoms with Crippen molar-refractivity contribution in [1.82, 2.24) is 4.57 Å². The molecule has 0 unspecified atom stereocenters. The van der Waals surface area contributed by atoms with E-state index in [1.165, 1.54) is 12.1 Å². The molecule has 2 heterocycles. The molecule has 0 spiro atoms. The van der Waals surface area contributed by atoms with Gasteiger partial charge < -0.3 is 4.57 Å². The van der Waals surface area contributed by atoms with E-state index in [2.05, 4.69) is 31.5 Å². The molecule has 0 saturated heterocycles. The molecule has 1 aromatic heterocycles. The van der Waals surface area contributed by atoms with Gasteiger partial charge in [0, 0.05) is 11.9 Å². The normalized spacial score (nSPS) is 14.0. The average molecular weight is 135 g/mol. The van der Waals surface area contributed by atoms with Gasteiger partial charge >= 0.3 is 0 Å². The Balaban J connectivity index is 2.50. The third-order valence-corrected chi connectivity index (χ3v) is 2.23. The zero-order chi connectivity index (χ0) is 7.30. The fourth-order valence-electron chi connectivity index (χ4n) is 1.81. The summed E-state index contributed by atoms with van der Waals surface area (Å²) in [4.78, 5) is 0. The van der Waals surface area contributed by atoms with Crippen molar-refractivity contribution in [2.24, 2.45) is 0 Å². The minimum absolute atomic E-state index is 0.707. The molecule has 1 aliphatic rings. The first-order chi connectivity index (χ1) is 4.70. The van der Waals surface area contributed by atoms with E-state index in [-0.39, 0.29) is 0 Å². The average Bonchev–Trinajstić information content (AvgIpc) is 2.42. The van der Waals surface area contributed by atoms with Crippen LogP contribution in [-0.2, 0) is 6.54 Å². The van der Waals surface area contributed by atoms with Crippen LogP contribution in [0.3, 0.4) is 0 Å². The molecule has 1 aromatic rings. The molecule has 0 bridgehead atoms. The monoisotopic (exact) mass is 135 g/mol. The third-order valence-electron chi connectivity index (χ3n) is 2.23. The summed E-state index contributed by atoms with van der Waals surface area (Å²) in [6.07, 6.45) is 2.25. The van der Waals surface area contributed by atoms with Crippen LogP contribution in [0.1, 0.15) is 36.6 Å². The summed E-state index contributed by atoms with van der Waals surface area (Å²) in [5.74, 6) is 0.707. The quantitative estimate of drug-likeness (QED) is 0.565. The minimum Gasteiger partial charge on any atom is -0.343 e. The molecule has 1 heteroatoms. The molecular weight excluding hydrogens is 122 g/mol. The smallest absolute Gasteiger partial charge is 0.0629 e. The first kappa shape index (κ1) is 6.02. The third kappa shape index (κ3) is 0.634. The Morgan fingerprint density at radius 3 is 2.50 bits per heavy atom. The molecule has 0 aliphatic carbocycles. The van der Waals surface area contributed by atoms with Gasteiger partial charge in [0.1, 0.15) is 0 Å². The number of hydrogen-bond acceptors (Lipinski definition) is 0. The van der Waals surface area contributed by atoms with Gasteiger partial charge in [0.2, 0.25) is 0 Å². The summed E-state index contributed by atoms with van der Waals surface area (Å²) < 4.78 is 2.32. The van der Waals surface area contributed by atoms with Crippen LogP contribution < -0.4 is 0 Å². The lowest BCUT2D eigenvalue weighted by Crippen LogP contribution is -1.88. The van der Waals surface area contributed by atoms with Gasteiger partial charge in [-0.2, -0.15) is 0 Å². The Morgan fingerprint density at radius 1 is 1.50 bits per heavy atom. The van der Waals surface area contributed by atoms with Gasteiger partial charge in [-0.15, -0.1) is 0 Å². The van der Waals surface area contributed by atoms with Crippen molar-refractivity contribution in [2.75, 3.05) is 0 Å². The number of aryl methyl sites for hydroxylation is 1. The molecule has 0 saturated carbocycles. The van der Waals surface area contributed by atoms with Crippen molar-refractivity contribution in [1.29, 1.82) is 0 Å². The highest BCUT2D eigenvalue weighted by Crippen LogP contribution is 2.33. The Bertz CT molecular complexity index is 265. The zero-order valence-electron chi connectivity index (χ0n) is 6.81. The van der Waals surface area contributed by atoms with Crippen molar-refractivity contribution in [3.8, 4) is 0 Å². The second-order valence-corrected chi connectivity index (χ2v) is 3.46. The number of fused-ring (bicyclic) bond motifs is 1. The fourth-order valence-corrected chi connectivity index (χ4v) is 1.81. The maximum absolute atomic E-state index is 2.32. The molecule has 0 fully saturated rings. The van der Waals surface area contributed by atoms with Crippen molar-refractivity contribution < 1.29 is 0 Å². The van der Waals surface area contributed by atoms with E-state index < -0.39 is 0 Å².